The van der Waals surface area contributed by atoms with E-state index >= 15 is 0 Å². The van der Waals surface area contributed by atoms with Gasteiger partial charge in [0.15, 0.2) is 11.6 Å². The number of hydrogen-bond donors (Lipinski definition) is 0. The lowest BCUT2D eigenvalue weighted by Gasteiger charge is -2.16. The average molecular weight is 368 g/mol. The number of aromatic nitrogens is 4. The number of nitrogens with zero attached hydrogens (tertiary/aromatic N) is 4. The van der Waals surface area contributed by atoms with E-state index in [9.17, 15) is 9.59 Å². The van der Waals surface area contributed by atoms with Gasteiger partial charge in [0.2, 0.25) is 0 Å². The van der Waals surface area contributed by atoms with Gasteiger partial charge >= 0.3 is 0 Å². The van der Waals surface area contributed by atoms with Crippen molar-refractivity contribution in [2.75, 3.05) is 0 Å². The van der Waals surface area contributed by atoms with Gasteiger partial charge in [0.05, 0.1) is 0 Å². The van der Waals surface area contributed by atoms with E-state index in [0.717, 1.165) is 0 Å². The van der Waals surface area contributed by atoms with E-state index < -0.39 is 0 Å². The standard InChI is InChI=1S/C14H8O2.2C4H4N2/c15-13-9-5-1-2-6-10(9)14(16)12-8-4-3-7-11(12)13;2*1-2-5-4-6-3-1/h1-8H;2*1-4H. The fourth-order valence-corrected chi connectivity index (χ4v) is 2.56. The van der Waals surface area contributed by atoms with Gasteiger partial charge in [-0.3, -0.25) is 9.59 Å². The molecule has 0 amide bonds. The molecule has 0 spiro atoms. The average Bonchev–Trinajstić information content (AvgIpc) is 2.81. The van der Waals surface area contributed by atoms with Crippen molar-refractivity contribution in [3.8, 4) is 0 Å². The van der Waals surface area contributed by atoms with E-state index in [2.05, 4.69) is 19.9 Å². The molecule has 0 unspecified atom stereocenters. The summed E-state index contributed by atoms with van der Waals surface area (Å²) in [6.07, 6.45) is 9.75. The summed E-state index contributed by atoms with van der Waals surface area (Å²) in [5, 5.41) is 0. The van der Waals surface area contributed by atoms with Gasteiger partial charge in [0.25, 0.3) is 0 Å². The lowest BCUT2D eigenvalue weighted by Crippen LogP contribution is -2.20. The third-order valence-corrected chi connectivity index (χ3v) is 3.79. The topological polar surface area (TPSA) is 85.7 Å². The molecule has 0 fully saturated rings. The molecule has 2 aromatic carbocycles. The quantitative estimate of drug-likeness (QED) is 0.416. The molecule has 0 saturated heterocycles. The first kappa shape index (κ1) is 18.7. The van der Waals surface area contributed by atoms with Gasteiger partial charge in [-0.25, -0.2) is 19.9 Å². The molecule has 6 heteroatoms. The van der Waals surface area contributed by atoms with Crippen LogP contribution in [0.1, 0.15) is 31.8 Å². The number of hydrogen-bond acceptors (Lipinski definition) is 6. The zero-order valence-corrected chi connectivity index (χ0v) is 14.8. The Balaban J connectivity index is 0.000000153. The summed E-state index contributed by atoms with van der Waals surface area (Å²) in [6.45, 7) is 0. The van der Waals surface area contributed by atoms with Crippen LogP contribution >= 0.6 is 0 Å². The first-order valence-electron chi connectivity index (χ1n) is 8.46. The lowest BCUT2D eigenvalue weighted by atomic mass is 9.84. The Hall–Kier alpha value is -4.06. The number of carbonyl (C=O) groups is 2. The minimum Gasteiger partial charge on any atom is -0.289 e. The molecule has 1 aliphatic rings. The number of fused-ring (bicyclic) bond motifs is 2. The van der Waals surface area contributed by atoms with Crippen molar-refractivity contribution < 1.29 is 9.59 Å². The Kier molecular flexibility index (Phi) is 6.41. The van der Waals surface area contributed by atoms with E-state index in [1.54, 1.807) is 85.5 Å². The molecule has 0 radical (unpaired) electrons. The Labute approximate surface area is 162 Å². The van der Waals surface area contributed by atoms with Crippen molar-refractivity contribution in [2.24, 2.45) is 0 Å². The third-order valence-electron chi connectivity index (χ3n) is 3.79. The molecule has 0 atom stereocenters. The highest BCUT2D eigenvalue weighted by Crippen LogP contribution is 2.26. The van der Waals surface area contributed by atoms with Crippen LogP contribution in [0.2, 0.25) is 0 Å². The molecule has 0 N–H and O–H groups in total. The highest BCUT2D eigenvalue weighted by atomic mass is 16.1. The van der Waals surface area contributed by atoms with Crippen LogP contribution in [0.4, 0.5) is 0 Å². The Morgan fingerprint density at radius 3 is 0.893 bits per heavy atom. The maximum atomic E-state index is 12.1. The van der Waals surface area contributed by atoms with Gasteiger partial charge < -0.3 is 0 Å². The maximum absolute atomic E-state index is 12.1. The Morgan fingerprint density at radius 1 is 0.429 bits per heavy atom. The molecule has 4 aromatic rings. The summed E-state index contributed by atoms with van der Waals surface area (Å²) in [7, 11) is 0. The van der Waals surface area contributed by atoms with Crippen LogP contribution in [0, 0.1) is 0 Å². The predicted octanol–water partition coefficient (Wildman–Crippen LogP) is 3.42. The molecule has 28 heavy (non-hydrogen) atoms. The summed E-state index contributed by atoms with van der Waals surface area (Å²) >= 11 is 0. The molecule has 2 heterocycles. The van der Waals surface area contributed by atoms with E-state index in [1.807, 2.05) is 0 Å². The van der Waals surface area contributed by atoms with Gasteiger partial charge in [-0.15, -0.1) is 0 Å². The fourth-order valence-electron chi connectivity index (χ4n) is 2.56. The van der Waals surface area contributed by atoms with E-state index in [-0.39, 0.29) is 11.6 Å². The van der Waals surface area contributed by atoms with Gasteiger partial charge in [-0.2, -0.15) is 0 Å². The summed E-state index contributed by atoms with van der Waals surface area (Å²) in [5.74, 6) is -0.128. The monoisotopic (exact) mass is 368 g/mol. The normalized spacial score (nSPS) is 11.0. The maximum Gasteiger partial charge on any atom is 0.194 e. The molecule has 5 rings (SSSR count). The Morgan fingerprint density at radius 2 is 0.714 bits per heavy atom. The molecular formula is C22H16N4O2. The molecule has 1 aliphatic carbocycles. The molecule has 0 bridgehead atoms. The second-order valence-electron chi connectivity index (χ2n) is 5.56. The second-order valence-corrected chi connectivity index (χ2v) is 5.56. The largest absolute Gasteiger partial charge is 0.289 e. The molecule has 0 aliphatic heterocycles. The Bertz CT molecular complexity index is 864. The SMILES string of the molecule is O=C1c2ccccc2C(=O)c2ccccc21.c1cncnc1.c1cncnc1. The summed E-state index contributed by atoms with van der Waals surface area (Å²) < 4.78 is 0. The van der Waals surface area contributed by atoms with Crippen LogP contribution in [0.3, 0.4) is 0 Å². The van der Waals surface area contributed by atoms with Crippen LogP contribution in [-0.4, -0.2) is 31.5 Å². The zero-order chi connectivity index (χ0) is 19.6. The van der Waals surface area contributed by atoms with Gasteiger partial charge in [-0.1, -0.05) is 48.5 Å². The predicted molar refractivity (Wildman–Crippen MR) is 104 cm³/mol. The molecule has 6 nitrogen and oxygen atoms in total. The second kappa shape index (κ2) is 9.59. The van der Waals surface area contributed by atoms with Gasteiger partial charge in [0, 0.05) is 47.0 Å². The smallest absolute Gasteiger partial charge is 0.194 e. The van der Waals surface area contributed by atoms with Crippen molar-refractivity contribution in [1.82, 2.24) is 19.9 Å². The summed E-state index contributed by atoms with van der Waals surface area (Å²) in [6, 6.07) is 17.5. The van der Waals surface area contributed by atoms with Crippen LogP contribution in [0.5, 0.6) is 0 Å². The minimum absolute atomic E-state index is 0.0641. The van der Waals surface area contributed by atoms with E-state index in [4.69, 9.17) is 0 Å². The number of ketones is 2. The van der Waals surface area contributed by atoms with Crippen molar-refractivity contribution >= 4 is 11.6 Å². The van der Waals surface area contributed by atoms with Gasteiger partial charge in [0.1, 0.15) is 12.7 Å². The number of rotatable bonds is 0. The first-order valence-corrected chi connectivity index (χ1v) is 8.46. The van der Waals surface area contributed by atoms with Crippen LogP contribution < -0.4 is 0 Å². The molecule has 0 saturated carbocycles. The summed E-state index contributed by atoms with van der Waals surface area (Å²) in [5.41, 5.74) is 2.02. The summed E-state index contributed by atoms with van der Waals surface area (Å²) in [4.78, 5) is 38.9. The fraction of sp³-hybridized carbons (Fsp3) is 0. The van der Waals surface area contributed by atoms with Crippen LogP contribution in [0.15, 0.2) is 98.1 Å². The zero-order valence-electron chi connectivity index (χ0n) is 14.8. The lowest BCUT2D eigenvalue weighted by molar-refractivity contribution is 0.0979. The third kappa shape index (κ3) is 4.56. The van der Waals surface area contributed by atoms with E-state index in [1.165, 1.54) is 12.7 Å². The highest BCUT2D eigenvalue weighted by molar-refractivity contribution is 6.28. The first-order chi connectivity index (χ1) is 13.8. The van der Waals surface area contributed by atoms with Crippen molar-refractivity contribution in [2.45, 2.75) is 0 Å². The van der Waals surface area contributed by atoms with Crippen molar-refractivity contribution in [3.05, 3.63) is 120 Å². The van der Waals surface area contributed by atoms with Gasteiger partial charge in [-0.05, 0) is 12.1 Å². The number of benzene rings is 2. The molecule has 2 aromatic heterocycles. The molecular weight excluding hydrogens is 352 g/mol. The van der Waals surface area contributed by atoms with Crippen LogP contribution in [-0.2, 0) is 0 Å². The van der Waals surface area contributed by atoms with Crippen LogP contribution in [0.25, 0.3) is 0 Å². The van der Waals surface area contributed by atoms with E-state index in [0.29, 0.717) is 22.3 Å². The number of carbonyl (C=O) groups excluding carboxylic acids is 2. The molecule has 136 valence electrons. The highest BCUT2D eigenvalue weighted by Gasteiger charge is 2.28. The minimum atomic E-state index is -0.0641. The van der Waals surface area contributed by atoms with Crippen molar-refractivity contribution in [1.29, 1.82) is 0 Å². The van der Waals surface area contributed by atoms with Crippen molar-refractivity contribution in [3.63, 3.8) is 0 Å².